The van der Waals surface area contributed by atoms with E-state index in [1.165, 1.54) is 6.20 Å². The summed E-state index contributed by atoms with van der Waals surface area (Å²) in [6, 6.07) is 1.58. The van der Waals surface area contributed by atoms with Gasteiger partial charge in [0.25, 0.3) is 11.6 Å². The lowest BCUT2D eigenvalue weighted by Crippen LogP contribution is -2.55. The van der Waals surface area contributed by atoms with E-state index in [-0.39, 0.29) is 18.6 Å². The summed E-state index contributed by atoms with van der Waals surface area (Å²) in [4.78, 5) is 27.6. The van der Waals surface area contributed by atoms with Crippen LogP contribution >= 0.6 is 0 Å². The molecule has 0 aromatic carbocycles. The Hall–Kier alpha value is -2.48. The van der Waals surface area contributed by atoms with Crippen molar-refractivity contribution >= 4 is 23.0 Å². The van der Waals surface area contributed by atoms with Gasteiger partial charge in [-0.1, -0.05) is 5.16 Å². The Bertz CT molecular complexity index is 718. The number of rotatable bonds is 3. The quantitative estimate of drug-likeness (QED) is 0.846. The molecule has 110 valence electrons. The van der Waals surface area contributed by atoms with Crippen LogP contribution in [0.3, 0.4) is 0 Å². The highest BCUT2D eigenvalue weighted by molar-refractivity contribution is 6.00. The molecule has 0 bridgehead atoms. The minimum Gasteiger partial charge on any atom is -0.479 e. The summed E-state index contributed by atoms with van der Waals surface area (Å²) in [6.07, 6.45) is 1.56. The Morgan fingerprint density at radius 3 is 2.95 bits per heavy atom. The Morgan fingerprint density at radius 2 is 2.29 bits per heavy atom. The fraction of sp³-hybridized carbons (Fsp3) is 0.385. The van der Waals surface area contributed by atoms with Crippen molar-refractivity contribution in [3.05, 3.63) is 23.5 Å². The van der Waals surface area contributed by atoms with E-state index in [1.807, 2.05) is 0 Å². The molecule has 1 unspecified atom stereocenters. The molecule has 0 radical (unpaired) electrons. The molecule has 1 aliphatic heterocycles. The average molecular weight is 291 g/mol. The van der Waals surface area contributed by atoms with Crippen molar-refractivity contribution in [3.8, 4) is 0 Å². The summed E-state index contributed by atoms with van der Waals surface area (Å²) in [5.74, 6) is -1.62. The monoisotopic (exact) mass is 291 g/mol. The van der Waals surface area contributed by atoms with Gasteiger partial charge in [-0.05, 0) is 13.0 Å². The second-order valence-electron chi connectivity index (χ2n) is 4.99. The molecular weight excluding hydrogens is 278 g/mol. The molecule has 8 nitrogen and oxygen atoms in total. The zero-order valence-electron chi connectivity index (χ0n) is 11.3. The van der Waals surface area contributed by atoms with Gasteiger partial charge in [-0.2, -0.15) is 0 Å². The number of carboxylic acids is 1. The van der Waals surface area contributed by atoms with E-state index in [0.717, 1.165) is 0 Å². The maximum absolute atomic E-state index is 12.3. The SMILES string of the molecule is Cc1noc2ncc(C(=O)NC3(C(=O)O)CCOC3)cc12. The zero-order valence-corrected chi connectivity index (χ0v) is 11.3. The molecule has 8 heteroatoms. The van der Waals surface area contributed by atoms with E-state index < -0.39 is 17.4 Å². The molecule has 0 saturated carbocycles. The predicted molar refractivity (Wildman–Crippen MR) is 69.8 cm³/mol. The van der Waals surface area contributed by atoms with Crippen LogP contribution < -0.4 is 5.32 Å². The van der Waals surface area contributed by atoms with Crippen molar-refractivity contribution in [2.45, 2.75) is 18.9 Å². The number of carbonyl (C=O) groups is 2. The number of ether oxygens (including phenoxy) is 1. The van der Waals surface area contributed by atoms with Gasteiger partial charge >= 0.3 is 5.97 Å². The van der Waals surface area contributed by atoms with Crippen molar-refractivity contribution in [2.75, 3.05) is 13.2 Å². The van der Waals surface area contributed by atoms with Crippen LogP contribution in [0, 0.1) is 6.92 Å². The summed E-state index contributed by atoms with van der Waals surface area (Å²) in [5, 5.41) is 16.2. The number of nitrogens with zero attached hydrogens (tertiary/aromatic N) is 2. The van der Waals surface area contributed by atoms with E-state index in [9.17, 15) is 14.7 Å². The number of nitrogens with one attached hydrogen (secondary N) is 1. The molecule has 2 aromatic rings. The lowest BCUT2D eigenvalue weighted by atomic mass is 9.98. The first-order valence-corrected chi connectivity index (χ1v) is 6.37. The van der Waals surface area contributed by atoms with Gasteiger partial charge in [0.2, 0.25) is 0 Å². The van der Waals surface area contributed by atoms with Crippen molar-refractivity contribution in [2.24, 2.45) is 0 Å². The van der Waals surface area contributed by atoms with Crippen LogP contribution in [0.5, 0.6) is 0 Å². The van der Waals surface area contributed by atoms with Crippen LogP contribution in [0.25, 0.3) is 11.1 Å². The van der Waals surface area contributed by atoms with Crippen molar-refractivity contribution in [3.63, 3.8) is 0 Å². The van der Waals surface area contributed by atoms with Crippen molar-refractivity contribution in [1.82, 2.24) is 15.5 Å². The Kier molecular flexibility index (Phi) is 3.09. The van der Waals surface area contributed by atoms with Gasteiger partial charge in [-0.15, -0.1) is 0 Å². The maximum atomic E-state index is 12.3. The first-order valence-electron chi connectivity index (χ1n) is 6.37. The standard InChI is InChI=1S/C13H13N3O5/c1-7-9-4-8(5-14-11(9)21-16-7)10(17)15-13(12(18)19)2-3-20-6-13/h4-5H,2-3,6H2,1H3,(H,15,17)(H,18,19). The molecule has 1 fully saturated rings. The average Bonchev–Trinajstić information content (AvgIpc) is 3.07. The number of fused-ring (bicyclic) bond motifs is 1. The molecule has 2 N–H and O–H groups in total. The topological polar surface area (TPSA) is 115 Å². The number of aromatic nitrogens is 2. The third kappa shape index (κ3) is 2.23. The Balaban J connectivity index is 1.89. The number of hydrogen-bond acceptors (Lipinski definition) is 6. The highest BCUT2D eigenvalue weighted by Gasteiger charge is 2.44. The highest BCUT2D eigenvalue weighted by Crippen LogP contribution is 2.21. The summed E-state index contributed by atoms with van der Waals surface area (Å²) in [6.45, 7) is 1.99. The molecule has 0 spiro atoms. The summed E-state index contributed by atoms with van der Waals surface area (Å²) in [7, 11) is 0. The third-order valence-electron chi connectivity index (χ3n) is 3.56. The minimum atomic E-state index is -1.38. The second kappa shape index (κ2) is 4.81. The van der Waals surface area contributed by atoms with E-state index in [2.05, 4.69) is 15.5 Å². The summed E-state index contributed by atoms with van der Waals surface area (Å²) < 4.78 is 10.1. The molecular formula is C13H13N3O5. The van der Waals surface area contributed by atoms with Gasteiger partial charge in [-0.25, -0.2) is 9.78 Å². The van der Waals surface area contributed by atoms with Gasteiger partial charge < -0.3 is 19.7 Å². The summed E-state index contributed by atoms with van der Waals surface area (Å²) >= 11 is 0. The Morgan fingerprint density at radius 1 is 1.48 bits per heavy atom. The van der Waals surface area contributed by atoms with E-state index >= 15 is 0 Å². The zero-order chi connectivity index (χ0) is 15.0. The minimum absolute atomic E-state index is 0.0456. The van der Waals surface area contributed by atoms with Gasteiger partial charge in [0.05, 0.1) is 23.3 Å². The molecule has 1 aliphatic rings. The van der Waals surface area contributed by atoms with E-state index in [1.54, 1.807) is 13.0 Å². The molecule has 1 saturated heterocycles. The first kappa shape index (κ1) is 13.5. The fourth-order valence-electron chi connectivity index (χ4n) is 2.24. The van der Waals surface area contributed by atoms with Crippen molar-refractivity contribution in [1.29, 1.82) is 0 Å². The molecule has 2 aromatic heterocycles. The van der Waals surface area contributed by atoms with Crippen LogP contribution in [0.4, 0.5) is 0 Å². The lowest BCUT2D eigenvalue weighted by molar-refractivity contribution is -0.144. The number of carbonyl (C=O) groups excluding carboxylic acids is 1. The van der Waals surface area contributed by atoms with Crippen LogP contribution in [-0.2, 0) is 9.53 Å². The predicted octanol–water partition coefficient (Wildman–Crippen LogP) is 0.505. The number of hydrogen-bond donors (Lipinski definition) is 2. The van der Waals surface area contributed by atoms with Gasteiger partial charge in [0.15, 0.2) is 5.54 Å². The fourth-order valence-corrected chi connectivity index (χ4v) is 2.24. The molecule has 21 heavy (non-hydrogen) atoms. The van der Waals surface area contributed by atoms with Crippen molar-refractivity contribution < 1.29 is 24.0 Å². The Labute approximate surface area is 119 Å². The second-order valence-corrected chi connectivity index (χ2v) is 4.99. The van der Waals surface area contributed by atoms with Gasteiger partial charge in [0, 0.05) is 19.2 Å². The van der Waals surface area contributed by atoms with Crippen LogP contribution in [0.15, 0.2) is 16.8 Å². The number of aliphatic carboxylic acids is 1. The van der Waals surface area contributed by atoms with Crippen LogP contribution in [-0.4, -0.2) is 45.9 Å². The number of pyridine rings is 1. The van der Waals surface area contributed by atoms with E-state index in [4.69, 9.17) is 9.26 Å². The largest absolute Gasteiger partial charge is 0.479 e. The maximum Gasteiger partial charge on any atom is 0.331 e. The number of aryl methyl sites for hydroxylation is 1. The summed E-state index contributed by atoms with van der Waals surface area (Å²) in [5.41, 5.74) is -0.178. The smallest absolute Gasteiger partial charge is 0.331 e. The molecule has 1 atom stereocenters. The van der Waals surface area contributed by atoms with Gasteiger partial charge in [0.1, 0.15) is 0 Å². The third-order valence-corrected chi connectivity index (χ3v) is 3.56. The van der Waals surface area contributed by atoms with Crippen LogP contribution in [0.1, 0.15) is 22.5 Å². The number of carboxylic acid groups (broad SMARTS) is 1. The first-order chi connectivity index (χ1) is 10.0. The molecule has 3 rings (SSSR count). The highest BCUT2D eigenvalue weighted by atomic mass is 16.5. The molecule has 0 aliphatic carbocycles. The number of amides is 1. The van der Waals surface area contributed by atoms with E-state index in [0.29, 0.717) is 23.4 Å². The lowest BCUT2D eigenvalue weighted by Gasteiger charge is -2.23. The molecule has 1 amide bonds. The van der Waals surface area contributed by atoms with Gasteiger partial charge in [-0.3, -0.25) is 4.79 Å². The molecule has 3 heterocycles. The van der Waals surface area contributed by atoms with Crippen LogP contribution in [0.2, 0.25) is 0 Å². The normalized spacial score (nSPS) is 21.6.